The van der Waals surface area contributed by atoms with Gasteiger partial charge in [0.2, 0.25) is 6.79 Å². The number of para-hydroxylation sites is 2. The Hall–Kier alpha value is -2.93. The van der Waals surface area contributed by atoms with Crippen molar-refractivity contribution in [3.8, 4) is 17.2 Å². The first-order chi connectivity index (χ1) is 16.2. The topological polar surface area (TPSA) is 69.6 Å². The number of phenolic OH excluding ortho intramolecular Hbond substituents is 1. The average Bonchev–Trinajstić information content (AvgIpc) is 3.30. The normalized spacial score (nSPS) is 23.5. The van der Waals surface area contributed by atoms with Crippen molar-refractivity contribution in [3.63, 3.8) is 0 Å². The van der Waals surface area contributed by atoms with Gasteiger partial charge in [-0.25, -0.2) is 4.99 Å². The van der Waals surface area contributed by atoms with Gasteiger partial charge in [0.1, 0.15) is 5.75 Å². The zero-order valence-electron chi connectivity index (χ0n) is 19.4. The molecule has 2 aliphatic heterocycles. The van der Waals surface area contributed by atoms with Crippen molar-refractivity contribution in [2.24, 2.45) is 10.9 Å². The van der Waals surface area contributed by atoms with Crippen LogP contribution in [0.4, 0.5) is 5.69 Å². The average molecular weight is 451 g/mol. The van der Waals surface area contributed by atoms with E-state index in [-0.39, 0.29) is 5.75 Å². The molecule has 176 valence electrons. The number of anilines is 1. The van der Waals surface area contributed by atoms with Gasteiger partial charge in [0.05, 0.1) is 11.7 Å². The summed E-state index contributed by atoms with van der Waals surface area (Å²) in [7, 11) is 0. The fourth-order valence-corrected chi connectivity index (χ4v) is 4.95. The monoisotopic (exact) mass is 450 g/mol. The van der Waals surface area contributed by atoms with Crippen molar-refractivity contribution in [2.45, 2.75) is 45.2 Å². The van der Waals surface area contributed by atoms with Crippen LogP contribution in [0.2, 0.25) is 0 Å². The van der Waals surface area contributed by atoms with E-state index in [4.69, 9.17) is 14.5 Å². The summed E-state index contributed by atoms with van der Waals surface area (Å²) in [5.74, 6) is 3.40. The van der Waals surface area contributed by atoms with E-state index in [0.717, 1.165) is 56.6 Å². The number of phenols is 1. The Morgan fingerprint density at radius 3 is 2.64 bits per heavy atom. The molecule has 0 radical (unpaired) electrons. The predicted octanol–water partition coefficient (Wildman–Crippen LogP) is 4.29. The van der Waals surface area contributed by atoms with E-state index in [9.17, 15) is 5.11 Å². The van der Waals surface area contributed by atoms with E-state index in [1.165, 1.54) is 24.8 Å². The molecule has 3 aliphatic rings. The minimum absolute atomic E-state index is 0.253. The number of nitrogens with zero attached hydrogens (tertiary/aromatic N) is 3. The maximum atomic E-state index is 10.3. The highest BCUT2D eigenvalue weighted by Crippen LogP contribution is 2.33. The predicted molar refractivity (Wildman–Crippen MR) is 130 cm³/mol. The molecule has 2 fully saturated rings. The van der Waals surface area contributed by atoms with Crippen molar-refractivity contribution in [2.75, 3.05) is 38.3 Å². The molecular weight excluding hydrogens is 416 g/mol. The van der Waals surface area contributed by atoms with Gasteiger partial charge in [0.25, 0.3) is 0 Å². The Kier molecular flexibility index (Phi) is 6.58. The number of rotatable bonds is 4. The zero-order valence-corrected chi connectivity index (χ0v) is 19.4. The van der Waals surface area contributed by atoms with Crippen LogP contribution in [0.5, 0.6) is 17.2 Å². The second-order valence-electron chi connectivity index (χ2n) is 9.37. The largest absolute Gasteiger partial charge is 0.506 e. The summed E-state index contributed by atoms with van der Waals surface area (Å²) in [5, 5.41) is 13.8. The van der Waals surface area contributed by atoms with E-state index in [2.05, 4.69) is 34.2 Å². The molecule has 33 heavy (non-hydrogen) atoms. The molecule has 1 saturated heterocycles. The fourth-order valence-electron chi connectivity index (χ4n) is 4.95. The number of benzene rings is 2. The summed E-state index contributed by atoms with van der Waals surface area (Å²) in [6, 6.07) is 13.9. The number of ether oxygens (including phenoxy) is 2. The van der Waals surface area contributed by atoms with Crippen LogP contribution in [-0.4, -0.2) is 59.9 Å². The highest BCUT2D eigenvalue weighted by atomic mass is 16.7. The van der Waals surface area contributed by atoms with Gasteiger partial charge in [-0.05, 0) is 48.6 Å². The standard InChI is InChI=1S/C26H34N4O3/c1-19-6-2-3-7-21(19)27-26(28-22-8-4-5-9-23(22)31)30-14-12-29(13-15-30)17-20-10-11-24-25(16-20)33-18-32-24/h4-5,8-11,16,19,21,31H,2-3,6-7,12-15,17-18H2,1H3,(H,27,28). The molecule has 2 unspecified atom stereocenters. The van der Waals surface area contributed by atoms with Crippen LogP contribution in [0.1, 0.15) is 38.2 Å². The van der Waals surface area contributed by atoms with E-state index in [1.54, 1.807) is 6.07 Å². The van der Waals surface area contributed by atoms with Crippen LogP contribution in [-0.2, 0) is 6.54 Å². The smallest absolute Gasteiger partial charge is 0.231 e. The SMILES string of the molecule is CC1CCCCC1N=C(Nc1ccccc1O)N1CCN(Cc2ccc3c(c2)OCO3)CC1. The summed E-state index contributed by atoms with van der Waals surface area (Å²) in [5.41, 5.74) is 1.95. The lowest BCUT2D eigenvalue weighted by molar-refractivity contribution is 0.172. The van der Waals surface area contributed by atoms with Crippen LogP contribution >= 0.6 is 0 Å². The third-order valence-electron chi connectivity index (χ3n) is 7.02. The summed E-state index contributed by atoms with van der Waals surface area (Å²) in [4.78, 5) is 10.0. The molecule has 0 amide bonds. The molecule has 1 aliphatic carbocycles. The summed E-state index contributed by atoms with van der Waals surface area (Å²) >= 11 is 0. The number of aliphatic imine (C=N–C) groups is 1. The molecule has 1 saturated carbocycles. The lowest BCUT2D eigenvalue weighted by Crippen LogP contribution is -2.50. The minimum Gasteiger partial charge on any atom is -0.506 e. The van der Waals surface area contributed by atoms with Gasteiger partial charge in [-0.15, -0.1) is 0 Å². The van der Waals surface area contributed by atoms with Gasteiger partial charge in [-0.1, -0.05) is 38.0 Å². The van der Waals surface area contributed by atoms with E-state index in [0.29, 0.717) is 24.4 Å². The third kappa shape index (κ3) is 5.19. The van der Waals surface area contributed by atoms with E-state index >= 15 is 0 Å². The van der Waals surface area contributed by atoms with Gasteiger partial charge in [0, 0.05) is 32.7 Å². The Morgan fingerprint density at radius 2 is 1.82 bits per heavy atom. The highest BCUT2D eigenvalue weighted by Gasteiger charge is 2.25. The molecule has 0 bridgehead atoms. The zero-order chi connectivity index (χ0) is 22.6. The first-order valence-electron chi connectivity index (χ1n) is 12.1. The van der Waals surface area contributed by atoms with Gasteiger partial charge in [0.15, 0.2) is 17.5 Å². The first-order valence-corrected chi connectivity index (χ1v) is 12.1. The van der Waals surface area contributed by atoms with Crippen molar-refractivity contribution in [3.05, 3.63) is 48.0 Å². The molecule has 2 aromatic carbocycles. The molecule has 0 aromatic heterocycles. The second kappa shape index (κ2) is 9.91. The number of aromatic hydroxyl groups is 1. The first kappa shape index (κ1) is 21.9. The third-order valence-corrected chi connectivity index (χ3v) is 7.02. The van der Waals surface area contributed by atoms with Crippen molar-refractivity contribution >= 4 is 11.6 Å². The molecule has 2 atom stereocenters. The number of hydrogen-bond donors (Lipinski definition) is 2. The van der Waals surface area contributed by atoms with Gasteiger partial charge >= 0.3 is 0 Å². The fraction of sp³-hybridized carbons (Fsp3) is 0.500. The molecule has 2 aromatic rings. The maximum absolute atomic E-state index is 10.3. The van der Waals surface area contributed by atoms with Gasteiger partial charge in [-0.3, -0.25) is 4.90 Å². The summed E-state index contributed by atoms with van der Waals surface area (Å²) in [6.45, 7) is 7.21. The molecule has 2 heterocycles. The van der Waals surface area contributed by atoms with Crippen LogP contribution in [0.25, 0.3) is 0 Å². The van der Waals surface area contributed by atoms with Crippen molar-refractivity contribution in [1.82, 2.24) is 9.80 Å². The Balaban J connectivity index is 1.26. The number of nitrogens with one attached hydrogen (secondary N) is 1. The summed E-state index contributed by atoms with van der Waals surface area (Å²) in [6.07, 6.45) is 4.91. The highest BCUT2D eigenvalue weighted by molar-refractivity contribution is 5.95. The molecule has 0 spiro atoms. The van der Waals surface area contributed by atoms with Crippen molar-refractivity contribution < 1.29 is 14.6 Å². The lowest BCUT2D eigenvalue weighted by atomic mass is 9.86. The van der Waals surface area contributed by atoms with Crippen LogP contribution in [0, 0.1) is 5.92 Å². The molecule has 7 nitrogen and oxygen atoms in total. The number of hydrogen-bond acceptors (Lipinski definition) is 5. The molecule has 7 heteroatoms. The van der Waals surface area contributed by atoms with Crippen LogP contribution in [0.3, 0.4) is 0 Å². The quantitative estimate of drug-likeness (QED) is 0.412. The lowest BCUT2D eigenvalue weighted by Gasteiger charge is -2.37. The Morgan fingerprint density at radius 1 is 1.03 bits per heavy atom. The maximum Gasteiger partial charge on any atom is 0.231 e. The molecule has 2 N–H and O–H groups in total. The van der Waals surface area contributed by atoms with Crippen LogP contribution in [0.15, 0.2) is 47.5 Å². The summed E-state index contributed by atoms with van der Waals surface area (Å²) < 4.78 is 11.0. The molecular formula is C26H34N4O3. The van der Waals surface area contributed by atoms with Crippen molar-refractivity contribution in [1.29, 1.82) is 0 Å². The van der Waals surface area contributed by atoms with Gasteiger partial charge < -0.3 is 24.8 Å². The van der Waals surface area contributed by atoms with E-state index < -0.39 is 0 Å². The van der Waals surface area contributed by atoms with Crippen LogP contribution < -0.4 is 14.8 Å². The Bertz CT molecular complexity index is 987. The minimum atomic E-state index is 0.253. The Labute approximate surface area is 196 Å². The van der Waals surface area contributed by atoms with E-state index in [1.807, 2.05) is 24.3 Å². The second-order valence-corrected chi connectivity index (χ2v) is 9.37. The number of piperazine rings is 1. The number of fused-ring (bicyclic) bond motifs is 1. The van der Waals surface area contributed by atoms with Gasteiger partial charge in [-0.2, -0.15) is 0 Å². The molecule has 5 rings (SSSR count). The number of guanidine groups is 1.